The van der Waals surface area contributed by atoms with Gasteiger partial charge >= 0.3 is 12.0 Å². The zero-order valence-electron chi connectivity index (χ0n) is 12.0. The number of rotatable bonds is 8. The van der Waals surface area contributed by atoms with Gasteiger partial charge in [-0.15, -0.1) is 0 Å². The minimum Gasteiger partial charge on any atom is -0.481 e. The number of nitrogens with zero attached hydrogens (tertiary/aromatic N) is 2. The number of aliphatic carboxylic acids is 1. The topological polar surface area (TPSA) is 70.1 Å². The molecule has 0 aromatic heterocycles. The van der Waals surface area contributed by atoms with Crippen LogP contribution < -0.4 is 0 Å². The third-order valence-corrected chi connectivity index (χ3v) is 3.57. The Labute approximate surface area is 114 Å². The molecule has 0 spiro atoms. The number of methoxy groups -OCH3 is 1. The van der Waals surface area contributed by atoms with Gasteiger partial charge in [0.15, 0.2) is 0 Å². The van der Waals surface area contributed by atoms with Crippen molar-refractivity contribution in [1.82, 2.24) is 9.80 Å². The Bertz CT molecular complexity index is 318. The van der Waals surface area contributed by atoms with Crippen molar-refractivity contribution in [2.45, 2.75) is 32.2 Å². The molecule has 0 aromatic rings. The Morgan fingerprint density at radius 1 is 1.37 bits per heavy atom. The summed E-state index contributed by atoms with van der Waals surface area (Å²) < 4.78 is 5.04. The number of carboxylic acids is 1. The van der Waals surface area contributed by atoms with Crippen molar-refractivity contribution in [2.75, 3.05) is 33.9 Å². The standard InChI is InChI=1S/C13H24N2O4/c1-10(11-4-5-11)15(8-9-19-3)13(18)14(2)7-6-12(16)17/h10-11H,4-9H2,1-3H3,(H,16,17). The zero-order chi connectivity index (χ0) is 14.4. The lowest BCUT2D eigenvalue weighted by Gasteiger charge is -2.33. The van der Waals surface area contributed by atoms with Crippen LogP contribution in [-0.4, -0.2) is 66.8 Å². The summed E-state index contributed by atoms with van der Waals surface area (Å²) in [5.41, 5.74) is 0. The quantitative estimate of drug-likeness (QED) is 0.722. The monoisotopic (exact) mass is 272 g/mol. The molecule has 0 aromatic carbocycles. The van der Waals surface area contributed by atoms with Crippen LogP contribution >= 0.6 is 0 Å². The normalized spacial score (nSPS) is 15.9. The number of carboxylic acid groups (broad SMARTS) is 1. The molecule has 0 heterocycles. The van der Waals surface area contributed by atoms with Crippen molar-refractivity contribution >= 4 is 12.0 Å². The van der Waals surface area contributed by atoms with E-state index < -0.39 is 5.97 Å². The highest BCUT2D eigenvalue weighted by atomic mass is 16.5. The molecule has 6 nitrogen and oxygen atoms in total. The van der Waals surface area contributed by atoms with E-state index in [0.29, 0.717) is 19.1 Å². The second kappa shape index (κ2) is 7.33. The lowest BCUT2D eigenvalue weighted by molar-refractivity contribution is -0.137. The van der Waals surface area contributed by atoms with Crippen LogP contribution in [0.4, 0.5) is 4.79 Å². The highest BCUT2D eigenvalue weighted by Gasteiger charge is 2.35. The van der Waals surface area contributed by atoms with Gasteiger partial charge in [-0.3, -0.25) is 4.79 Å². The fourth-order valence-corrected chi connectivity index (χ4v) is 2.07. The minimum atomic E-state index is -0.890. The molecule has 110 valence electrons. The predicted molar refractivity (Wildman–Crippen MR) is 71.0 cm³/mol. The van der Waals surface area contributed by atoms with Crippen LogP contribution in [0.1, 0.15) is 26.2 Å². The average molecular weight is 272 g/mol. The molecule has 1 aliphatic carbocycles. The molecular weight excluding hydrogens is 248 g/mol. The Hall–Kier alpha value is -1.30. The van der Waals surface area contributed by atoms with Gasteiger partial charge in [-0.1, -0.05) is 0 Å². The maximum Gasteiger partial charge on any atom is 0.320 e. The second-order valence-corrected chi connectivity index (χ2v) is 5.11. The first-order valence-corrected chi connectivity index (χ1v) is 6.69. The Balaban J connectivity index is 2.55. The largest absolute Gasteiger partial charge is 0.481 e. The summed E-state index contributed by atoms with van der Waals surface area (Å²) in [5.74, 6) is -0.313. The number of carbonyl (C=O) groups excluding carboxylic acids is 1. The highest BCUT2D eigenvalue weighted by Crippen LogP contribution is 2.35. The van der Waals surface area contributed by atoms with E-state index in [1.807, 2.05) is 0 Å². The maximum atomic E-state index is 12.3. The molecule has 1 saturated carbocycles. The molecular formula is C13H24N2O4. The minimum absolute atomic E-state index is 0.0296. The number of ether oxygens (including phenoxy) is 1. The lowest BCUT2D eigenvalue weighted by atomic mass is 10.2. The summed E-state index contributed by atoms with van der Waals surface area (Å²) in [4.78, 5) is 26.2. The van der Waals surface area contributed by atoms with Crippen molar-refractivity contribution in [3.05, 3.63) is 0 Å². The van der Waals surface area contributed by atoms with E-state index in [-0.39, 0.29) is 25.0 Å². The smallest absolute Gasteiger partial charge is 0.320 e. The number of urea groups is 1. The van der Waals surface area contributed by atoms with Crippen LogP contribution in [0, 0.1) is 5.92 Å². The van der Waals surface area contributed by atoms with Gasteiger partial charge in [-0.05, 0) is 25.7 Å². The Morgan fingerprint density at radius 2 is 2.00 bits per heavy atom. The summed E-state index contributed by atoms with van der Waals surface area (Å²) >= 11 is 0. The van der Waals surface area contributed by atoms with Gasteiger partial charge in [0, 0.05) is 33.3 Å². The van der Waals surface area contributed by atoms with Gasteiger partial charge in [0.05, 0.1) is 13.0 Å². The fourth-order valence-electron chi connectivity index (χ4n) is 2.07. The third-order valence-electron chi connectivity index (χ3n) is 3.57. The number of carbonyl (C=O) groups is 2. The van der Waals surface area contributed by atoms with E-state index in [9.17, 15) is 9.59 Å². The van der Waals surface area contributed by atoms with Crippen LogP contribution in [0.25, 0.3) is 0 Å². The fraction of sp³-hybridized carbons (Fsp3) is 0.846. The van der Waals surface area contributed by atoms with Gasteiger partial charge < -0.3 is 19.6 Å². The molecule has 0 bridgehead atoms. The van der Waals surface area contributed by atoms with Crippen molar-refractivity contribution in [2.24, 2.45) is 5.92 Å². The van der Waals surface area contributed by atoms with Crippen molar-refractivity contribution in [3.63, 3.8) is 0 Å². The molecule has 0 radical (unpaired) electrons. The summed E-state index contributed by atoms with van der Waals surface area (Å²) in [6.07, 6.45) is 2.30. The maximum absolute atomic E-state index is 12.3. The second-order valence-electron chi connectivity index (χ2n) is 5.11. The zero-order valence-corrected chi connectivity index (χ0v) is 12.0. The molecule has 1 fully saturated rings. The Kier molecular flexibility index (Phi) is 6.08. The molecule has 0 saturated heterocycles. The summed E-state index contributed by atoms with van der Waals surface area (Å²) in [6.45, 7) is 3.32. The molecule has 6 heteroatoms. The van der Waals surface area contributed by atoms with Gasteiger partial charge in [0.1, 0.15) is 0 Å². The van der Waals surface area contributed by atoms with Crippen LogP contribution in [0.2, 0.25) is 0 Å². The summed E-state index contributed by atoms with van der Waals surface area (Å²) in [5, 5.41) is 8.66. The lowest BCUT2D eigenvalue weighted by Crippen LogP contribution is -2.48. The average Bonchev–Trinajstić information content (AvgIpc) is 3.19. The number of amides is 2. The first kappa shape index (κ1) is 15.8. The SMILES string of the molecule is COCCN(C(=O)N(C)CCC(=O)O)C(C)C1CC1. The summed E-state index contributed by atoms with van der Waals surface area (Å²) in [6, 6.07) is 0.0765. The predicted octanol–water partition coefficient (Wildman–Crippen LogP) is 1.26. The van der Waals surface area contributed by atoms with Crippen LogP contribution in [0.3, 0.4) is 0 Å². The van der Waals surface area contributed by atoms with Crippen LogP contribution in [-0.2, 0) is 9.53 Å². The van der Waals surface area contributed by atoms with Gasteiger partial charge in [0.25, 0.3) is 0 Å². The first-order valence-electron chi connectivity index (χ1n) is 6.69. The molecule has 0 aliphatic heterocycles. The summed E-state index contributed by atoms with van der Waals surface area (Å²) in [7, 11) is 3.25. The van der Waals surface area contributed by atoms with Crippen LogP contribution in [0.5, 0.6) is 0 Å². The van der Waals surface area contributed by atoms with E-state index >= 15 is 0 Å². The van der Waals surface area contributed by atoms with Gasteiger partial charge in [0.2, 0.25) is 0 Å². The molecule has 19 heavy (non-hydrogen) atoms. The van der Waals surface area contributed by atoms with Crippen molar-refractivity contribution < 1.29 is 19.4 Å². The van der Waals surface area contributed by atoms with E-state index in [1.54, 1.807) is 19.1 Å². The molecule has 1 aliphatic rings. The molecule has 1 unspecified atom stereocenters. The van der Waals surface area contributed by atoms with E-state index in [2.05, 4.69) is 6.92 Å². The van der Waals surface area contributed by atoms with Crippen LogP contribution in [0.15, 0.2) is 0 Å². The molecule has 2 amide bonds. The van der Waals surface area contributed by atoms with Gasteiger partial charge in [-0.25, -0.2) is 4.79 Å². The number of hydrogen-bond donors (Lipinski definition) is 1. The highest BCUT2D eigenvalue weighted by molar-refractivity contribution is 5.75. The molecule has 1 atom stereocenters. The van der Waals surface area contributed by atoms with E-state index in [1.165, 1.54) is 4.90 Å². The van der Waals surface area contributed by atoms with Gasteiger partial charge in [-0.2, -0.15) is 0 Å². The number of hydrogen-bond acceptors (Lipinski definition) is 3. The Morgan fingerprint density at radius 3 is 2.47 bits per heavy atom. The first-order chi connectivity index (χ1) is 8.97. The molecule has 1 N–H and O–H groups in total. The molecule has 1 rings (SSSR count). The van der Waals surface area contributed by atoms with E-state index in [4.69, 9.17) is 9.84 Å². The van der Waals surface area contributed by atoms with E-state index in [0.717, 1.165) is 12.8 Å². The van der Waals surface area contributed by atoms with Crippen molar-refractivity contribution in [1.29, 1.82) is 0 Å². The van der Waals surface area contributed by atoms with Crippen molar-refractivity contribution in [3.8, 4) is 0 Å². The third kappa shape index (κ3) is 5.06.